The number of aromatic nitrogens is 2. The number of hydrogen-bond acceptors (Lipinski definition) is 3. The van der Waals surface area contributed by atoms with E-state index in [1.165, 1.54) is 6.92 Å². The highest BCUT2D eigenvalue weighted by Crippen LogP contribution is 2.14. The van der Waals surface area contributed by atoms with Gasteiger partial charge in [0.2, 0.25) is 5.88 Å². The maximum absolute atomic E-state index is 13.5. The lowest BCUT2D eigenvalue weighted by atomic mass is 10.2. The highest BCUT2D eigenvalue weighted by molar-refractivity contribution is 5.24. The average molecular weight is 268 g/mol. The van der Waals surface area contributed by atoms with E-state index in [9.17, 15) is 23.5 Å². The summed E-state index contributed by atoms with van der Waals surface area (Å²) in [5, 5.41) is 9.71. The largest absolute Gasteiger partial charge is 0.494 e. The van der Waals surface area contributed by atoms with Crippen LogP contribution in [0.2, 0.25) is 0 Å². The maximum atomic E-state index is 13.5. The lowest BCUT2D eigenvalue weighted by Gasteiger charge is -2.10. The Morgan fingerprint density at radius 1 is 1.32 bits per heavy atom. The number of aromatic amines is 1. The molecule has 2 N–H and O–H groups in total. The molecule has 0 saturated heterocycles. The minimum absolute atomic E-state index is 0.0187. The second-order valence-corrected chi connectivity index (χ2v) is 4.03. The van der Waals surface area contributed by atoms with Crippen LogP contribution in [0, 0.1) is 18.6 Å². The predicted molar refractivity (Wildman–Crippen MR) is 63.2 cm³/mol. The molecule has 5 nitrogen and oxygen atoms in total. The zero-order valence-electron chi connectivity index (χ0n) is 9.91. The third kappa shape index (κ3) is 2.40. The van der Waals surface area contributed by atoms with Crippen molar-refractivity contribution in [3.63, 3.8) is 0 Å². The molecule has 0 aliphatic carbocycles. The lowest BCUT2D eigenvalue weighted by molar-refractivity contribution is 0.402. The Kier molecular flexibility index (Phi) is 3.20. The van der Waals surface area contributed by atoms with E-state index >= 15 is 0 Å². The smallest absolute Gasteiger partial charge is 0.331 e. The quantitative estimate of drug-likeness (QED) is 0.849. The number of nitrogens with one attached hydrogen (secondary N) is 1. The van der Waals surface area contributed by atoms with Crippen molar-refractivity contribution in [1.29, 1.82) is 0 Å². The van der Waals surface area contributed by atoms with E-state index in [1.807, 2.05) is 4.98 Å². The molecule has 2 rings (SSSR count). The third-order valence-corrected chi connectivity index (χ3v) is 2.74. The average Bonchev–Trinajstić information content (AvgIpc) is 2.34. The van der Waals surface area contributed by atoms with Crippen molar-refractivity contribution in [2.75, 3.05) is 0 Å². The first-order chi connectivity index (χ1) is 8.90. The van der Waals surface area contributed by atoms with Crippen molar-refractivity contribution >= 4 is 0 Å². The van der Waals surface area contributed by atoms with Crippen LogP contribution in [0.15, 0.2) is 27.8 Å². The Morgan fingerprint density at radius 3 is 2.63 bits per heavy atom. The monoisotopic (exact) mass is 268 g/mol. The molecule has 0 amide bonds. The maximum Gasteiger partial charge on any atom is 0.331 e. The van der Waals surface area contributed by atoms with Crippen molar-refractivity contribution in [2.24, 2.45) is 0 Å². The number of H-pyrrole nitrogens is 1. The van der Waals surface area contributed by atoms with E-state index in [4.69, 9.17) is 0 Å². The number of aromatic hydroxyl groups is 1. The van der Waals surface area contributed by atoms with Crippen molar-refractivity contribution in [1.82, 2.24) is 9.55 Å². The molecule has 0 aliphatic rings. The van der Waals surface area contributed by atoms with Crippen LogP contribution < -0.4 is 11.2 Å². The number of rotatable bonds is 2. The molecule has 0 saturated carbocycles. The van der Waals surface area contributed by atoms with Crippen LogP contribution in [-0.4, -0.2) is 14.7 Å². The summed E-state index contributed by atoms with van der Waals surface area (Å²) in [5.41, 5.74) is -1.61. The molecule has 1 aromatic heterocycles. The molecule has 1 heterocycles. The van der Waals surface area contributed by atoms with Gasteiger partial charge in [-0.05, 0) is 13.0 Å². The molecule has 0 fully saturated rings. The van der Waals surface area contributed by atoms with Crippen LogP contribution in [-0.2, 0) is 6.54 Å². The third-order valence-electron chi connectivity index (χ3n) is 2.74. The summed E-state index contributed by atoms with van der Waals surface area (Å²) in [6.07, 6.45) is 0. The fourth-order valence-electron chi connectivity index (χ4n) is 1.63. The van der Waals surface area contributed by atoms with E-state index < -0.39 is 28.8 Å². The molecular formula is C12H10F2N2O3. The summed E-state index contributed by atoms with van der Waals surface area (Å²) in [6.45, 7) is 1.01. The van der Waals surface area contributed by atoms with Gasteiger partial charge in [0.15, 0.2) is 0 Å². The molecule has 0 bridgehead atoms. The van der Waals surface area contributed by atoms with Gasteiger partial charge in [0.1, 0.15) is 11.6 Å². The van der Waals surface area contributed by atoms with Gasteiger partial charge in [-0.2, -0.15) is 0 Å². The molecule has 0 atom stereocenters. The van der Waals surface area contributed by atoms with Crippen LogP contribution in [0.3, 0.4) is 0 Å². The summed E-state index contributed by atoms with van der Waals surface area (Å²) >= 11 is 0. The number of benzene rings is 1. The van der Waals surface area contributed by atoms with E-state index in [0.29, 0.717) is 6.07 Å². The van der Waals surface area contributed by atoms with Gasteiger partial charge in [-0.15, -0.1) is 0 Å². The molecule has 19 heavy (non-hydrogen) atoms. The summed E-state index contributed by atoms with van der Waals surface area (Å²) < 4.78 is 27.0. The van der Waals surface area contributed by atoms with Crippen molar-refractivity contribution in [3.05, 3.63) is 61.8 Å². The lowest BCUT2D eigenvalue weighted by Crippen LogP contribution is -2.31. The highest BCUT2D eigenvalue weighted by atomic mass is 19.1. The van der Waals surface area contributed by atoms with Gasteiger partial charge >= 0.3 is 5.69 Å². The van der Waals surface area contributed by atoms with E-state index in [1.54, 1.807) is 0 Å². The normalized spacial score (nSPS) is 10.7. The standard InChI is InChI=1S/C12H10F2N2O3/c1-6-10(17)15-12(19)16(11(6)18)5-7-2-3-8(13)4-9(7)14/h2-4,18H,5H2,1H3,(H,15,17,19). The Hall–Kier alpha value is -2.44. The fraction of sp³-hybridized carbons (Fsp3) is 0.167. The minimum atomic E-state index is -0.864. The van der Waals surface area contributed by atoms with Crippen molar-refractivity contribution < 1.29 is 13.9 Å². The van der Waals surface area contributed by atoms with Gasteiger partial charge in [-0.25, -0.2) is 13.6 Å². The molecule has 0 spiro atoms. The van der Waals surface area contributed by atoms with Gasteiger partial charge in [0.05, 0.1) is 12.1 Å². The molecule has 2 aromatic rings. The zero-order valence-corrected chi connectivity index (χ0v) is 9.91. The van der Waals surface area contributed by atoms with E-state index in [0.717, 1.165) is 16.7 Å². The van der Waals surface area contributed by atoms with Gasteiger partial charge in [0, 0.05) is 11.6 Å². The molecule has 1 aromatic carbocycles. The first kappa shape index (κ1) is 13.0. The Labute approximate surface area is 105 Å². The van der Waals surface area contributed by atoms with Crippen LogP contribution in [0.5, 0.6) is 5.88 Å². The van der Waals surface area contributed by atoms with E-state index in [2.05, 4.69) is 0 Å². The summed E-state index contributed by atoms with van der Waals surface area (Å²) in [4.78, 5) is 24.8. The summed E-state index contributed by atoms with van der Waals surface area (Å²) in [7, 11) is 0. The summed E-state index contributed by atoms with van der Waals surface area (Å²) in [6, 6.07) is 2.88. The molecular weight excluding hydrogens is 258 g/mol. The Bertz CT molecular complexity index is 750. The van der Waals surface area contributed by atoms with E-state index in [-0.39, 0.29) is 17.7 Å². The van der Waals surface area contributed by atoms with Gasteiger partial charge in [-0.1, -0.05) is 6.07 Å². The number of halogens is 2. The second kappa shape index (κ2) is 4.68. The molecule has 0 aliphatic heterocycles. The Balaban J connectivity index is 2.53. The predicted octanol–water partition coefficient (Wildman–Crippen LogP) is 0.877. The molecule has 7 heteroatoms. The molecule has 0 unspecified atom stereocenters. The van der Waals surface area contributed by atoms with Crippen molar-refractivity contribution in [3.8, 4) is 5.88 Å². The summed E-state index contributed by atoms with van der Waals surface area (Å²) in [5.74, 6) is -2.12. The van der Waals surface area contributed by atoms with Gasteiger partial charge in [0.25, 0.3) is 5.56 Å². The Morgan fingerprint density at radius 2 is 2.00 bits per heavy atom. The van der Waals surface area contributed by atoms with Gasteiger partial charge in [-0.3, -0.25) is 14.3 Å². The SMILES string of the molecule is Cc1c(O)n(Cc2ccc(F)cc2F)c(=O)[nH]c1=O. The minimum Gasteiger partial charge on any atom is -0.494 e. The van der Waals surface area contributed by atoms with Crippen LogP contribution in [0.1, 0.15) is 11.1 Å². The zero-order chi connectivity index (χ0) is 14.2. The first-order valence-corrected chi connectivity index (χ1v) is 5.36. The molecule has 100 valence electrons. The van der Waals surface area contributed by atoms with Crippen LogP contribution in [0.25, 0.3) is 0 Å². The van der Waals surface area contributed by atoms with Crippen LogP contribution >= 0.6 is 0 Å². The topological polar surface area (TPSA) is 75.1 Å². The van der Waals surface area contributed by atoms with Crippen LogP contribution in [0.4, 0.5) is 8.78 Å². The van der Waals surface area contributed by atoms with Crippen molar-refractivity contribution in [2.45, 2.75) is 13.5 Å². The second-order valence-electron chi connectivity index (χ2n) is 4.03. The first-order valence-electron chi connectivity index (χ1n) is 5.36. The fourth-order valence-corrected chi connectivity index (χ4v) is 1.63. The number of nitrogens with zero attached hydrogens (tertiary/aromatic N) is 1. The molecule has 0 radical (unpaired) electrons. The highest BCUT2D eigenvalue weighted by Gasteiger charge is 2.12. The number of hydrogen-bond donors (Lipinski definition) is 2. The van der Waals surface area contributed by atoms with Gasteiger partial charge < -0.3 is 5.11 Å².